The maximum absolute atomic E-state index is 12.7. The Morgan fingerprint density at radius 1 is 1.10 bits per heavy atom. The van der Waals surface area contributed by atoms with Gasteiger partial charge in [-0.05, 0) is 66.5 Å². The van der Waals surface area contributed by atoms with E-state index in [4.69, 9.17) is 4.74 Å². The molecule has 1 amide bonds. The third-order valence-electron chi connectivity index (χ3n) is 6.30. The summed E-state index contributed by atoms with van der Waals surface area (Å²) in [7, 11) is 0. The monoisotopic (exact) mass is 424 g/mol. The number of nitrogens with zero attached hydrogens (tertiary/aromatic N) is 1. The Bertz CT molecular complexity index is 900. The van der Waals surface area contributed by atoms with Crippen molar-refractivity contribution in [3.63, 3.8) is 0 Å². The highest BCUT2D eigenvalue weighted by Crippen LogP contribution is 2.33. The van der Waals surface area contributed by atoms with Gasteiger partial charge >= 0.3 is 0 Å². The Kier molecular flexibility index (Phi) is 6.77. The minimum atomic E-state index is -0.553. The summed E-state index contributed by atoms with van der Waals surface area (Å²) >= 11 is 0. The lowest BCUT2D eigenvalue weighted by atomic mass is 9.81. The molecule has 1 aliphatic rings. The number of nitrogens with one attached hydrogen (secondary N) is 1. The maximum Gasteiger partial charge on any atom is 0.252 e. The molecule has 0 bridgehead atoms. The molecule has 3 rings (SSSR count). The molecule has 0 unspecified atom stereocenters. The first kappa shape index (κ1) is 23.3. The molecule has 5 nitrogen and oxygen atoms in total. The third kappa shape index (κ3) is 5.46. The van der Waals surface area contributed by atoms with Crippen LogP contribution in [0.25, 0.3) is 0 Å². The van der Waals surface area contributed by atoms with Crippen LogP contribution < -0.4 is 5.32 Å². The Balaban J connectivity index is 1.67. The third-order valence-corrected chi connectivity index (χ3v) is 6.30. The van der Waals surface area contributed by atoms with E-state index >= 15 is 0 Å². The van der Waals surface area contributed by atoms with Crippen molar-refractivity contribution in [2.24, 2.45) is 5.41 Å². The molecule has 1 fully saturated rings. The first-order valence-electron chi connectivity index (χ1n) is 11.1. The topological polar surface area (TPSA) is 61.8 Å². The van der Waals surface area contributed by atoms with Gasteiger partial charge in [0, 0.05) is 24.6 Å². The van der Waals surface area contributed by atoms with Crippen LogP contribution in [-0.2, 0) is 21.5 Å². The molecule has 1 saturated heterocycles. The molecule has 0 aromatic heterocycles. The largest absolute Gasteiger partial charge is 0.381 e. The average Bonchev–Trinajstić information content (AvgIpc) is 2.71. The van der Waals surface area contributed by atoms with Crippen LogP contribution in [0.4, 0.5) is 11.4 Å². The van der Waals surface area contributed by atoms with Gasteiger partial charge in [-0.3, -0.25) is 10.0 Å². The van der Waals surface area contributed by atoms with Gasteiger partial charge in [-0.25, -0.2) is 5.06 Å². The summed E-state index contributed by atoms with van der Waals surface area (Å²) in [5.74, 6) is -0.233. The highest BCUT2D eigenvalue weighted by atomic mass is 16.5. The van der Waals surface area contributed by atoms with Crippen molar-refractivity contribution in [2.45, 2.75) is 66.3 Å². The molecule has 0 spiro atoms. The molecule has 2 aromatic carbocycles. The normalized spacial score (nSPS) is 16.1. The van der Waals surface area contributed by atoms with Crippen molar-refractivity contribution in [3.8, 4) is 0 Å². The second-order valence-corrected chi connectivity index (χ2v) is 10.1. The highest BCUT2D eigenvalue weighted by molar-refractivity contribution is 5.81. The molecule has 5 heteroatoms. The van der Waals surface area contributed by atoms with Gasteiger partial charge in [-0.1, -0.05) is 52.0 Å². The summed E-state index contributed by atoms with van der Waals surface area (Å²) in [6.45, 7) is 14.1. The van der Waals surface area contributed by atoms with Crippen molar-refractivity contribution in [1.82, 2.24) is 5.06 Å². The fourth-order valence-electron chi connectivity index (χ4n) is 4.02. The average molecular weight is 425 g/mol. The molecule has 168 valence electrons. The molecular formula is C26H36N2O3. The van der Waals surface area contributed by atoms with Gasteiger partial charge in [0.15, 0.2) is 0 Å². The number of ether oxygens (including phenoxy) is 1. The van der Waals surface area contributed by atoms with Gasteiger partial charge in [0.1, 0.15) is 0 Å². The van der Waals surface area contributed by atoms with E-state index in [-0.39, 0.29) is 17.9 Å². The number of benzene rings is 2. The maximum atomic E-state index is 12.7. The molecule has 0 atom stereocenters. The zero-order valence-electron chi connectivity index (χ0n) is 19.7. The summed E-state index contributed by atoms with van der Waals surface area (Å²) in [5, 5.41) is 14.8. The molecule has 0 saturated carbocycles. The van der Waals surface area contributed by atoms with E-state index in [1.54, 1.807) is 0 Å². The van der Waals surface area contributed by atoms with Crippen molar-refractivity contribution in [1.29, 1.82) is 0 Å². The number of rotatable bonds is 5. The lowest BCUT2D eigenvalue weighted by molar-refractivity contribution is -0.183. The van der Waals surface area contributed by atoms with E-state index in [0.717, 1.165) is 22.0 Å². The zero-order valence-corrected chi connectivity index (χ0v) is 19.7. The van der Waals surface area contributed by atoms with Crippen molar-refractivity contribution in [3.05, 3.63) is 58.7 Å². The van der Waals surface area contributed by atoms with E-state index in [9.17, 15) is 10.0 Å². The van der Waals surface area contributed by atoms with Crippen LogP contribution in [0, 0.1) is 19.3 Å². The molecule has 1 aliphatic heterocycles. The number of carbonyl (C=O) groups is 1. The Morgan fingerprint density at radius 2 is 1.65 bits per heavy atom. The summed E-state index contributed by atoms with van der Waals surface area (Å²) in [6.07, 6.45) is 1.27. The summed E-state index contributed by atoms with van der Waals surface area (Å²) in [6, 6.07) is 12.4. The second-order valence-electron chi connectivity index (χ2n) is 10.1. The molecule has 2 N–H and O–H groups in total. The second kappa shape index (κ2) is 9.01. The van der Waals surface area contributed by atoms with Gasteiger partial charge < -0.3 is 10.1 Å². The fraction of sp³-hybridized carbons (Fsp3) is 0.500. The molecule has 2 aromatic rings. The minimum absolute atomic E-state index is 0.116. The van der Waals surface area contributed by atoms with Gasteiger partial charge in [0.05, 0.1) is 12.0 Å². The van der Waals surface area contributed by atoms with Crippen molar-refractivity contribution >= 4 is 17.3 Å². The number of hydroxylamine groups is 2. The fourth-order valence-corrected chi connectivity index (χ4v) is 4.02. The summed E-state index contributed by atoms with van der Waals surface area (Å²) in [4.78, 5) is 12.7. The predicted molar refractivity (Wildman–Crippen MR) is 125 cm³/mol. The number of amides is 1. The van der Waals surface area contributed by atoms with E-state index in [1.165, 1.54) is 16.7 Å². The predicted octanol–water partition coefficient (Wildman–Crippen LogP) is 5.88. The minimum Gasteiger partial charge on any atom is -0.381 e. The number of hydrogen-bond donors (Lipinski definition) is 2. The summed E-state index contributed by atoms with van der Waals surface area (Å²) < 4.78 is 5.36. The summed E-state index contributed by atoms with van der Waals surface area (Å²) in [5.41, 5.74) is 6.30. The number of aryl methyl sites for hydroxylation is 2. The van der Waals surface area contributed by atoms with Crippen LogP contribution in [0.3, 0.4) is 0 Å². The smallest absolute Gasteiger partial charge is 0.252 e. The molecule has 0 radical (unpaired) electrons. The van der Waals surface area contributed by atoms with E-state index in [2.05, 4.69) is 52.1 Å². The number of anilines is 2. The zero-order chi connectivity index (χ0) is 22.8. The van der Waals surface area contributed by atoms with Crippen LogP contribution in [0.5, 0.6) is 0 Å². The molecular weight excluding hydrogens is 388 g/mol. The van der Waals surface area contributed by atoms with Crippen molar-refractivity contribution < 1.29 is 14.7 Å². The van der Waals surface area contributed by atoms with Gasteiger partial charge in [-0.2, -0.15) is 0 Å². The van der Waals surface area contributed by atoms with E-state index in [0.29, 0.717) is 26.1 Å². The first-order chi connectivity index (χ1) is 14.5. The van der Waals surface area contributed by atoms with Crippen LogP contribution in [0.1, 0.15) is 62.8 Å². The SMILES string of the molecule is Cc1cc(C(C)(C)C)cc(C)c1Nc1ccc(CN(O)C(=O)C2(C)CCOCC2)cc1. The lowest BCUT2D eigenvalue weighted by Gasteiger charge is -2.34. The van der Waals surface area contributed by atoms with Gasteiger partial charge in [0.2, 0.25) is 0 Å². The van der Waals surface area contributed by atoms with Gasteiger partial charge in [-0.15, -0.1) is 0 Å². The standard InChI is InChI=1S/C26H36N2O3/c1-18-15-21(25(3,4)5)16-19(2)23(18)27-22-9-7-20(8-10-22)17-28(30)24(29)26(6)11-13-31-14-12-26/h7-10,15-16,27,30H,11-14,17H2,1-6H3. The number of carbonyl (C=O) groups excluding carboxylic acids is 1. The van der Waals surface area contributed by atoms with E-state index in [1.807, 2.05) is 31.2 Å². The first-order valence-corrected chi connectivity index (χ1v) is 11.1. The van der Waals surface area contributed by atoms with Crippen LogP contribution >= 0.6 is 0 Å². The van der Waals surface area contributed by atoms with Gasteiger partial charge in [0.25, 0.3) is 5.91 Å². The van der Waals surface area contributed by atoms with E-state index < -0.39 is 5.41 Å². The Hall–Kier alpha value is -2.37. The van der Waals surface area contributed by atoms with Crippen LogP contribution in [0.2, 0.25) is 0 Å². The number of hydrogen-bond acceptors (Lipinski definition) is 4. The van der Waals surface area contributed by atoms with Crippen LogP contribution in [0.15, 0.2) is 36.4 Å². The lowest BCUT2D eigenvalue weighted by Crippen LogP contribution is -2.43. The van der Waals surface area contributed by atoms with Crippen molar-refractivity contribution in [2.75, 3.05) is 18.5 Å². The highest BCUT2D eigenvalue weighted by Gasteiger charge is 2.38. The quantitative estimate of drug-likeness (QED) is 0.465. The molecule has 31 heavy (non-hydrogen) atoms. The van der Waals surface area contributed by atoms with Crippen LogP contribution in [-0.4, -0.2) is 29.4 Å². The Labute approximate surface area is 186 Å². The Morgan fingerprint density at radius 3 is 2.16 bits per heavy atom. The molecule has 1 heterocycles. The molecule has 0 aliphatic carbocycles.